The van der Waals surface area contributed by atoms with Gasteiger partial charge in [0.15, 0.2) is 0 Å². The van der Waals surface area contributed by atoms with Gasteiger partial charge in [-0.2, -0.15) is 5.10 Å². The molecule has 0 saturated carbocycles. The number of aryl methyl sites for hydroxylation is 2. The maximum atomic E-state index is 13.3. The summed E-state index contributed by atoms with van der Waals surface area (Å²) in [5.74, 6) is 0.304. The fraction of sp³-hybridized carbons (Fsp3) is 0.560. The number of amides is 2. The first-order valence-electron chi connectivity index (χ1n) is 11.4. The molecule has 2 aromatic rings. The molecule has 0 spiro atoms. The van der Waals surface area contributed by atoms with E-state index < -0.39 is 11.7 Å². The van der Waals surface area contributed by atoms with Crippen molar-refractivity contribution in [1.29, 1.82) is 0 Å². The summed E-state index contributed by atoms with van der Waals surface area (Å²) < 4.78 is 7.32. The van der Waals surface area contributed by atoms with Crippen LogP contribution >= 0.6 is 0 Å². The molecule has 1 aromatic carbocycles. The van der Waals surface area contributed by atoms with Gasteiger partial charge in [-0.1, -0.05) is 19.1 Å². The van der Waals surface area contributed by atoms with Gasteiger partial charge >= 0.3 is 6.09 Å². The number of benzene rings is 1. The highest BCUT2D eigenvalue weighted by molar-refractivity contribution is 5.94. The third kappa shape index (κ3) is 6.11. The van der Waals surface area contributed by atoms with Crippen molar-refractivity contribution in [1.82, 2.24) is 20.0 Å². The summed E-state index contributed by atoms with van der Waals surface area (Å²) in [7, 11) is 0. The van der Waals surface area contributed by atoms with Crippen LogP contribution in [-0.4, -0.2) is 51.4 Å². The van der Waals surface area contributed by atoms with E-state index in [1.807, 2.05) is 68.5 Å². The number of alkyl carbamates (subject to hydrolysis) is 1. The maximum Gasteiger partial charge on any atom is 0.407 e. The van der Waals surface area contributed by atoms with Gasteiger partial charge in [0, 0.05) is 24.3 Å². The van der Waals surface area contributed by atoms with Crippen molar-refractivity contribution >= 4 is 12.0 Å². The lowest BCUT2D eigenvalue weighted by atomic mass is 9.90. The fourth-order valence-corrected chi connectivity index (χ4v) is 4.24. The number of rotatable bonds is 5. The zero-order valence-electron chi connectivity index (χ0n) is 20.1. The van der Waals surface area contributed by atoms with Gasteiger partial charge in [-0.15, -0.1) is 0 Å². The largest absolute Gasteiger partial charge is 0.444 e. The monoisotopic (exact) mass is 440 g/mol. The number of hydrogen-bond donors (Lipinski definition) is 1. The molecule has 1 aliphatic heterocycles. The number of piperidine rings is 1. The minimum absolute atomic E-state index is 0.00482. The Balaban J connectivity index is 1.67. The van der Waals surface area contributed by atoms with Crippen molar-refractivity contribution in [3.05, 3.63) is 52.8 Å². The Bertz CT molecular complexity index is 943. The highest BCUT2D eigenvalue weighted by Gasteiger charge is 2.33. The van der Waals surface area contributed by atoms with E-state index in [0.717, 1.165) is 29.8 Å². The Kier molecular flexibility index (Phi) is 7.26. The summed E-state index contributed by atoms with van der Waals surface area (Å²) in [4.78, 5) is 27.3. The van der Waals surface area contributed by atoms with Gasteiger partial charge in [0.2, 0.25) is 0 Å². The Labute approximate surface area is 191 Å². The molecule has 0 bridgehead atoms. The van der Waals surface area contributed by atoms with Gasteiger partial charge in [-0.05, 0) is 77.1 Å². The minimum Gasteiger partial charge on any atom is -0.444 e. The average molecular weight is 441 g/mol. The Hall–Kier alpha value is -2.83. The Morgan fingerprint density at radius 2 is 1.88 bits per heavy atom. The van der Waals surface area contributed by atoms with Crippen LogP contribution in [-0.2, 0) is 11.3 Å². The van der Waals surface area contributed by atoms with Crippen LogP contribution in [0.4, 0.5) is 4.79 Å². The molecule has 2 atom stereocenters. The van der Waals surface area contributed by atoms with Crippen LogP contribution in [0.2, 0.25) is 0 Å². The number of carbonyl (C=O) groups excluding carboxylic acids is 2. The van der Waals surface area contributed by atoms with Crippen LogP contribution in [0, 0.1) is 19.8 Å². The second-order valence-corrected chi connectivity index (χ2v) is 9.85. The summed E-state index contributed by atoms with van der Waals surface area (Å²) in [6, 6.07) is 9.76. The van der Waals surface area contributed by atoms with Crippen molar-refractivity contribution in [2.24, 2.45) is 5.92 Å². The predicted octanol–water partition coefficient (Wildman–Crippen LogP) is 4.31. The molecule has 1 fully saturated rings. The summed E-state index contributed by atoms with van der Waals surface area (Å²) >= 11 is 0. The van der Waals surface area contributed by atoms with Crippen molar-refractivity contribution in [2.45, 2.75) is 72.6 Å². The average Bonchev–Trinajstić information content (AvgIpc) is 3.02. The molecule has 174 valence electrons. The summed E-state index contributed by atoms with van der Waals surface area (Å²) in [6.07, 6.45) is 1.55. The van der Waals surface area contributed by atoms with E-state index >= 15 is 0 Å². The fourth-order valence-electron chi connectivity index (χ4n) is 4.24. The second kappa shape index (κ2) is 9.76. The number of hydrogen-bond acceptors (Lipinski definition) is 4. The van der Waals surface area contributed by atoms with Crippen LogP contribution in [0.1, 0.15) is 67.8 Å². The lowest BCUT2D eigenvalue weighted by molar-refractivity contribution is 0.0408. The van der Waals surface area contributed by atoms with E-state index in [4.69, 9.17) is 4.74 Å². The van der Waals surface area contributed by atoms with Gasteiger partial charge in [0.1, 0.15) is 5.60 Å². The number of ether oxygens (including phenoxy) is 1. The van der Waals surface area contributed by atoms with Crippen LogP contribution < -0.4 is 5.32 Å². The number of carbonyl (C=O) groups is 2. The molecule has 3 rings (SSSR count). The number of likely N-dealkylation sites (tertiary alicyclic amines) is 1. The molecule has 2 heterocycles. The first-order chi connectivity index (χ1) is 15.0. The second-order valence-electron chi connectivity index (χ2n) is 9.85. The first-order valence-corrected chi connectivity index (χ1v) is 11.4. The molecule has 1 aliphatic rings. The van der Waals surface area contributed by atoms with E-state index in [2.05, 4.69) is 23.4 Å². The van der Waals surface area contributed by atoms with Crippen LogP contribution in [0.3, 0.4) is 0 Å². The van der Waals surface area contributed by atoms with E-state index in [0.29, 0.717) is 31.1 Å². The zero-order valence-corrected chi connectivity index (χ0v) is 20.1. The molecule has 1 aromatic heterocycles. The third-order valence-electron chi connectivity index (χ3n) is 5.87. The van der Waals surface area contributed by atoms with Crippen molar-refractivity contribution in [3.63, 3.8) is 0 Å². The van der Waals surface area contributed by atoms with E-state index in [-0.39, 0.29) is 11.9 Å². The van der Waals surface area contributed by atoms with Crippen LogP contribution in [0.15, 0.2) is 30.3 Å². The number of nitrogens with zero attached hydrogens (tertiary/aromatic N) is 3. The van der Waals surface area contributed by atoms with Gasteiger partial charge < -0.3 is 15.0 Å². The van der Waals surface area contributed by atoms with E-state index in [9.17, 15) is 9.59 Å². The van der Waals surface area contributed by atoms with E-state index in [1.165, 1.54) is 0 Å². The molecule has 32 heavy (non-hydrogen) atoms. The van der Waals surface area contributed by atoms with Gasteiger partial charge in [-0.25, -0.2) is 4.79 Å². The third-order valence-corrected chi connectivity index (χ3v) is 5.87. The molecule has 7 heteroatoms. The number of nitrogens with one attached hydrogen (secondary N) is 1. The predicted molar refractivity (Wildman–Crippen MR) is 125 cm³/mol. The molecular weight excluding hydrogens is 404 g/mol. The van der Waals surface area contributed by atoms with Crippen LogP contribution in [0.25, 0.3) is 0 Å². The maximum absolute atomic E-state index is 13.3. The van der Waals surface area contributed by atoms with Gasteiger partial charge in [-0.3, -0.25) is 9.48 Å². The lowest BCUT2D eigenvalue weighted by Crippen LogP contribution is -2.53. The number of aromatic nitrogens is 2. The summed E-state index contributed by atoms with van der Waals surface area (Å²) in [5.41, 5.74) is 3.33. The topological polar surface area (TPSA) is 76.5 Å². The Morgan fingerprint density at radius 3 is 2.47 bits per heavy atom. The molecule has 1 saturated heterocycles. The van der Waals surface area contributed by atoms with Crippen molar-refractivity contribution in [2.75, 3.05) is 13.1 Å². The van der Waals surface area contributed by atoms with Gasteiger partial charge in [0.05, 0.1) is 18.3 Å². The molecule has 7 nitrogen and oxygen atoms in total. The highest BCUT2D eigenvalue weighted by Crippen LogP contribution is 2.25. The van der Waals surface area contributed by atoms with Gasteiger partial charge in [0.25, 0.3) is 5.91 Å². The standard InChI is InChI=1S/C25H36N4O3/c1-17-8-7-13-28(22(17)15-26-24(31)32-25(4,5)6)23(30)21-11-9-20(10-12-21)16-29-19(3)14-18(2)27-29/h9-12,14,17,22H,7-8,13,15-16H2,1-6H3,(H,26,31)/t17-,22-/m0/s1. The smallest absolute Gasteiger partial charge is 0.407 e. The molecule has 1 N–H and O–H groups in total. The zero-order chi connectivity index (χ0) is 23.5. The quantitative estimate of drug-likeness (QED) is 0.751. The minimum atomic E-state index is -0.549. The molecular formula is C25H36N4O3. The molecule has 2 amide bonds. The SMILES string of the molecule is Cc1cc(C)n(Cc2ccc(C(=O)N3CCC[C@H](C)[C@@H]3CNC(=O)OC(C)(C)C)cc2)n1. The van der Waals surface area contributed by atoms with Crippen molar-refractivity contribution < 1.29 is 14.3 Å². The normalized spacial score (nSPS) is 19.0. The molecule has 0 unspecified atom stereocenters. The Morgan fingerprint density at radius 1 is 1.19 bits per heavy atom. The first kappa shape index (κ1) is 23.8. The van der Waals surface area contributed by atoms with E-state index in [1.54, 1.807) is 0 Å². The summed E-state index contributed by atoms with van der Waals surface area (Å²) in [6.45, 7) is 13.4. The van der Waals surface area contributed by atoms with Crippen LogP contribution in [0.5, 0.6) is 0 Å². The van der Waals surface area contributed by atoms with Crippen molar-refractivity contribution in [3.8, 4) is 0 Å². The summed E-state index contributed by atoms with van der Waals surface area (Å²) in [5, 5.41) is 7.36. The lowest BCUT2D eigenvalue weighted by Gasteiger charge is -2.40. The highest BCUT2D eigenvalue weighted by atomic mass is 16.6. The molecule has 0 aliphatic carbocycles. The molecule has 0 radical (unpaired) electrons.